The van der Waals surface area contributed by atoms with E-state index in [0.717, 1.165) is 24.9 Å². The van der Waals surface area contributed by atoms with Crippen LogP contribution in [0.1, 0.15) is 31.2 Å². The van der Waals surface area contributed by atoms with Crippen LogP contribution in [0, 0.1) is 0 Å². The first kappa shape index (κ1) is 15.2. The second kappa shape index (κ2) is 7.55. The minimum Gasteiger partial charge on any atom is -0.434 e. The van der Waals surface area contributed by atoms with Crippen LogP contribution in [0.4, 0.5) is 8.78 Å². The highest BCUT2D eigenvalue weighted by molar-refractivity contribution is 5.33. The zero-order valence-corrected chi connectivity index (χ0v) is 11.5. The number of ether oxygens (including phenoxy) is 1. The first-order chi connectivity index (χ1) is 9.70. The Bertz CT molecular complexity index is 411. The van der Waals surface area contributed by atoms with Gasteiger partial charge in [-0.05, 0) is 25.3 Å². The number of alkyl halides is 2. The molecule has 0 aromatic heterocycles. The average Bonchev–Trinajstić information content (AvgIpc) is 2.35. The van der Waals surface area contributed by atoms with Gasteiger partial charge in [-0.1, -0.05) is 24.6 Å². The number of benzene rings is 1. The van der Waals surface area contributed by atoms with Crippen LogP contribution in [-0.2, 0) is 6.54 Å². The molecule has 1 aromatic rings. The molecule has 20 heavy (non-hydrogen) atoms. The van der Waals surface area contributed by atoms with Crippen molar-refractivity contribution in [3.8, 4) is 5.75 Å². The minimum atomic E-state index is -2.80. The topological polar surface area (TPSA) is 32.7 Å². The summed E-state index contributed by atoms with van der Waals surface area (Å²) >= 11 is 0. The molecule has 3 nitrogen and oxygen atoms in total. The number of nitrogens with zero attached hydrogens (tertiary/aromatic N) is 1. The Morgan fingerprint density at radius 3 is 2.65 bits per heavy atom. The van der Waals surface area contributed by atoms with E-state index in [9.17, 15) is 8.78 Å². The molecule has 0 spiro atoms. The molecule has 0 bridgehead atoms. The molecule has 0 saturated heterocycles. The summed E-state index contributed by atoms with van der Waals surface area (Å²) in [4.78, 5) is 2.26. The Balaban J connectivity index is 2.04. The van der Waals surface area contributed by atoms with E-state index in [1.54, 1.807) is 12.1 Å². The molecule has 0 atom stereocenters. The van der Waals surface area contributed by atoms with Gasteiger partial charge in [0.1, 0.15) is 5.75 Å². The van der Waals surface area contributed by atoms with Crippen molar-refractivity contribution >= 4 is 0 Å². The Hall–Kier alpha value is -1.20. The van der Waals surface area contributed by atoms with Crippen LogP contribution >= 0.6 is 0 Å². The summed E-state index contributed by atoms with van der Waals surface area (Å²) in [6.07, 6.45) is 4.20. The van der Waals surface area contributed by atoms with Crippen molar-refractivity contribution in [2.45, 2.75) is 44.9 Å². The quantitative estimate of drug-likeness (QED) is 0.797. The van der Waals surface area contributed by atoms with Crippen LogP contribution in [0.2, 0.25) is 0 Å². The molecule has 0 radical (unpaired) electrons. The van der Waals surface area contributed by atoms with E-state index in [0.29, 0.717) is 19.0 Å². The molecule has 1 aliphatic carbocycles. The first-order valence-electron chi connectivity index (χ1n) is 7.08. The summed E-state index contributed by atoms with van der Waals surface area (Å²) in [5, 5.41) is 8.98. The summed E-state index contributed by atoms with van der Waals surface area (Å²) < 4.78 is 29.4. The van der Waals surface area contributed by atoms with Gasteiger partial charge in [0.05, 0.1) is 0 Å². The third kappa shape index (κ3) is 4.15. The van der Waals surface area contributed by atoms with Crippen LogP contribution < -0.4 is 4.74 Å². The number of aliphatic hydroxyl groups is 1. The fourth-order valence-corrected chi connectivity index (χ4v) is 2.48. The summed E-state index contributed by atoms with van der Waals surface area (Å²) in [6.45, 7) is -1.28. The van der Waals surface area contributed by atoms with Crippen molar-refractivity contribution in [3.05, 3.63) is 29.8 Å². The number of aliphatic hydroxyl groups excluding tert-OH is 1. The van der Waals surface area contributed by atoms with E-state index in [1.807, 2.05) is 12.1 Å². The van der Waals surface area contributed by atoms with Crippen molar-refractivity contribution in [2.75, 3.05) is 13.2 Å². The molecule has 1 N–H and O–H groups in total. The van der Waals surface area contributed by atoms with Gasteiger partial charge in [0.2, 0.25) is 0 Å². The van der Waals surface area contributed by atoms with Crippen molar-refractivity contribution in [3.63, 3.8) is 0 Å². The molecule has 0 heterocycles. The molecule has 112 valence electrons. The highest BCUT2D eigenvalue weighted by Gasteiger charge is 2.25. The van der Waals surface area contributed by atoms with Gasteiger partial charge in [-0.15, -0.1) is 0 Å². The van der Waals surface area contributed by atoms with Gasteiger partial charge in [-0.2, -0.15) is 8.78 Å². The lowest BCUT2D eigenvalue weighted by Crippen LogP contribution is -2.40. The maximum atomic E-state index is 12.4. The predicted molar refractivity (Wildman–Crippen MR) is 72.8 cm³/mol. The Labute approximate surface area is 118 Å². The monoisotopic (exact) mass is 285 g/mol. The highest BCUT2D eigenvalue weighted by atomic mass is 19.3. The lowest BCUT2D eigenvalue weighted by molar-refractivity contribution is -0.0510. The van der Waals surface area contributed by atoms with Crippen LogP contribution in [0.25, 0.3) is 0 Å². The third-order valence-electron chi connectivity index (χ3n) is 3.76. The van der Waals surface area contributed by atoms with Crippen LogP contribution in [0.5, 0.6) is 5.75 Å². The summed E-state index contributed by atoms with van der Waals surface area (Å²) in [7, 11) is 0. The molecule has 1 aromatic carbocycles. The summed E-state index contributed by atoms with van der Waals surface area (Å²) in [5.74, 6) is 0.246. The first-order valence-corrected chi connectivity index (χ1v) is 7.08. The number of rotatable bonds is 8. The summed E-state index contributed by atoms with van der Waals surface area (Å²) in [5.41, 5.74) is 0.776. The maximum absolute atomic E-state index is 12.4. The van der Waals surface area contributed by atoms with Gasteiger partial charge in [-0.25, -0.2) is 0 Å². The van der Waals surface area contributed by atoms with Gasteiger partial charge < -0.3 is 9.84 Å². The third-order valence-corrected chi connectivity index (χ3v) is 3.76. The number of para-hydroxylation sites is 1. The van der Waals surface area contributed by atoms with Gasteiger partial charge in [0.25, 0.3) is 0 Å². The standard InChI is InChI=1S/C15H21F2NO2/c16-15(17)20-14-8-2-1-5-12(14)11-18(9-4-10-19)13-6-3-7-13/h1-2,5,8,13,15,19H,3-4,6-7,9-11H2. The van der Waals surface area contributed by atoms with Gasteiger partial charge >= 0.3 is 6.61 Å². The molecule has 1 saturated carbocycles. The van der Waals surface area contributed by atoms with E-state index in [1.165, 1.54) is 6.42 Å². The van der Waals surface area contributed by atoms with Gasteiger partial charge in [0, 0.05) is 31.3 Å². The van der Waals surface area contributed by atoms with E-state index < -0.39 is 6.61 Å². The smallest absolute Gasteiger partial charge is 0.387 e. The molecule has 2 rings (SSSR count). The van der Waals surface area contributed by atoms with Crippen molar-refractivity contribution in [1.82, 2.24) is 4.90 Å². The molecule has 0 aliphatic heterocycles. The lowest BCUT2D eigenvalue weighted by Gasteiger charge is -2.37. The number of hydrogen-bond donors (Lipinski definition) is 1. The van der Waals surface area contributed by atoms with E-state index in [-0.39, 0.29) is 12.4 Å². The normalized spacial score (nSPS) is 15.7. The maximum Gasteiger partial charge on any atom is 0.387 e. The molecule has 0 amide bonds. The Morgan fingerprint density at radius 1 is 1.30 bits per heavy atom. The predicted octanol–water partition coefficient (Wildman–Crippen LogP) is 3.02. The zero-order valence-electron chi connectivity index (χ0n) is 11.5. The molecular weight excluding hydrogens is 264 g/mol. The molecule has 1 fully saturated rings. The van der Waals surface area contributed by atoms with Crippen molar-refractivity contribution in [1.29, 1.82) is 0 Å². The van der Waals surface area contributed by atoms with Crippen LogP contribution in [-0.4, -0.2) is 35.8 Å². The van der Waals surface area contributed by atoms with E-state index in [2.05, 4.69) is 9.64 Å². The Kier molecular flexibility index (Phi) is 5.73. The SMILES string of the molecule is OCCCN(Cc1ccccc1OC(F)F)C1CCC1. The Morgan fingerprint density at radius 2 is 2.05 bits per heavy atom. The molecule has 1 aliphatic rings. The molecule has 0 unspecified atom stereocenters. The summed E-state index contributed by atoms with van der Waals surface area (Å²) in [6, 6.07) is 7.43. The fraction of sp³-hybridized carbons (Fsp3) is 0.600. The fourth-order valence-electron chi connectivity index (χ4n) is 2.48. The second-order valence-electron chi connectivity index (χ2n) is 5.12. The lowest BCUT2D eigenvalue weighted by atomic mass is 9.91. The number of hydrogen-bond acceptors (Lipinski definition) is 3. The van der Waals surface area contributed by atoms with Crippen LogP contribution in [0.15, 0.2) is 24.3 Å². The zero-order chi connectivity index (χ0) is 14.4. The van der Waals surface area contributed by atoms with Gasteiger partial charge in [-0.3, -0.25) is 4.90 Å². The highest BCUT2D eigenvalue weighted by Crippen LogP contribution is 2.29. The van der Waals surface area contributed by atoms with Crippen molar-refractivity contribution < 1.29 is 18.6 Å². The minimum absolute atomic E-state index is 0.151. The van der Waals surface area contributed by atoms with Crippen LogP contribution in [0.3, 0.4) is 0 Å². The average molecular weight is 285 g/mol. The second-order valence-corrected chi connectivity index (χ2v) is 5.12. The molecule has 5 heteroatoms. The largest absolute Gasteiger partial charge is 0.434 e. The van der Waals surface area contributed by atoms with E-state index in [4.69, 9.17) is 5.11 Å². The van der Waals surface area contributed by atoms with Crippen molar-refractivity contribution in [2.24, 2.45) is 0 Å². The number of halogens is 2. The molecular formula is C15H21F2NO2. The van der Waals surface area contributed by atoms with E-state index >= 15 is 0 Å². The van der Waals surface area contributed by atoms with Gasteiger partial charge in [0.15, 0.2) is 0 Å².